The van der Waals surface area contributed by atoms with Crippen LogP contribution in [0, 0.1) is 0 Å². The lowest BCUT2D eigenvalue weighted by Crippen LogP contribution is -2.42. The summed E-state index contributed by atoms with van der Waals surface area (Å²) in [5, 5.41) is -0.645. The van der Waals surface area contributed by atoms with E-state index < -0.39 is 5.38 Å². The van der Waals surface area contributed by atoms with E-state index in [0.717, 1.165) is 17.7 Å². The summed E-state index contributed by atoms with van der Waals surface area (Å²) in [6.07, 6.45) is 0.968. The largest absolute Gasteiger partial charge is 0.494 e. The first kappa shape index (κ1) is 15.1. The fourth-order valence-electron chi connectivity index (χ4n) is 2.04. The van der Waals surface area contributed by atoms with Crippen LogP contribution in [-0.2, 0) is 9.53 Å². The number of ether oxygens (including phenoxy) is 2. The number of alkyl halides is 1. The molecule has 1 aromatic rings. The number of carbonyl (C=O) groups is 1. The number of morpholine rings is 1. The molecular weight excluding hydrogens is 278 g/mol. The van der Waals surface area contributed by atoms with Crippen molar-refractivity contribution >= 4 is 17.5 Å². The van der Waals surface area contributed by atoms with Crippen molar-refractivity contribution in [1.29, 1.82) is 0 Å². The van der Waals surface area contributed by atoms with Gasteiger partial charge < -0.3 is 14.4 Å². The lowest BCUT2D eigenvalue weighted by atomic mass is 10.1. The van der Waals surface area contributed by atoms with Crippen molar-refractivity contribution in [1.82, 2.24) is 4.90 Å². The van der Waals surface area contributed by atoms with Crippen LogP contribution in [0.2, 0.25) is 0 Å². The Morgan fingerprint density at radius 2 is 2.00 bits per heavy atom. The first-order valence-corrected chi connectivity index (χ1v) is 7.39. The predicted molar refractivity (Wildman–Crippen MR) is 78.2 cm³/mol. The number of halogens is 1. The van der Waals surface area contributed by atoms with Crippen LogP contribution in [0.15, 0.2) is 24.3 Å². The van der Waals surface area contributed by atoms with Crippen LogP contribution in [0.25, 0.3) is 0 Å². The van der Waals surface area contributed by atoms with Gasteiger partial charge in [0.05, 0.1) is 19.8 Å². The Hall–Kier alpha value is -1.26. The van der Waals surface area contributed by atoms with E-state index >= 15 is 0 Å². The molecule has 0 spiro atoms. The lowest BCUT2D eigenvalue weighted by Gasteiger charge is -2.28. The number of amides is 1. The molecule has 1 unspecified atom stereocenters. The third kappa shape index (κ3) is 3.87. The molecule has 4 nitrogen and oxygen atoms in total. The summed E-state index contributed by atoms with van der Waals surface area (Å²) >= 11 is 6.27. The maximum absolute atomic E-state index is 12.3. The van der Waals surface area contributed by atoms with Crippen molar-refractivity contribution in [2.75, 3.05) is 32.9 Å². The van der Waals surface area contributed by atoms with E-state index in [1.807, 2.05) is 24.3 Å². The highest BCUT2D eigenvalue weighted by atomic mass is 35.5. The molecule has 20 heavy (non-hydrogen) atoms. The molecule has 0 N–H and O–H groups in total. The molecule has 2 rings (SSSR count). The predicted octanol–water partition coefficient (Wildman–Crippen LogP) is 2.61. The van der Waals surface area contributed by atoms with Crippen molar-refractivity contribution in [2.45, 2.75) is 18.7 Å². The third-order valence-electron chi connectivity index (χ3n) is 3.19. The fourth-order valence-corrected chi connectivity index (χ4v) is 2.32. The van der Waals surface area contributed by atoms with Crippen molar-refractivity contribution in [2.24, 2.45) is 0 Å². The normalized spacial score (nSPS) is 16.8. The molecular formula is C15H20ClNO3. The van der Waals surface area contributed by atoms with E-state index in [4.69, 9.17) is 21.1 Å². The van der Waals surface area contributed by atoms with Gasteiger partial charge in [-0.25, -0.2) is 0 Å². The van der Waals surface area contributed by atoms with Gasteiger partial charge >= 0.3 is 0 Å². The van der Waals surface area contributed by atoms with Crippen LogP contribution in [0.5, 0.6) is 5.75 Å². The Bertz CT molecular complexity index is 429. The van der Waals surface area contributed by atoms with Crippen LogP contribution in [0.3, 0.4) is 0 Å². The van der Waals surface area contributed by atoms with E-state index in [1.54, 1.807) is 4.90 Å². The topological polar surface area (TPSA) is 38.8 Å². The molecule has 0 aromatic heterocycles. The van der Waals surface area contributed by atoms with Gasteiger partial charge in [-0.1, -0.05) is 19.1 Å². The average Bonchev–Trinajstić information content (AvgIpc) is 2.53. The standard InChI is InChI=1S/C15H20ClNO3/c1-2-9-20-13-5-3-12(4-6-13)14(16)15(18)17-7-10-19-11-8-17/h3-6,14H,2,7-11H2,1H3. The maximum Gasteiger partial charge on any atom is 0.245 e. The molecule has 0 bridgehead atoms. The smallest absolute Gasteiger partial charge is 0.245 e. The second-order valence-electron chi connectivity index (χ2n) is 4.72. The lowest BCUT2D eigenvalue weighted by molar-refractivity contribution is -0.134. The molecule has 1 amide bonds. The first-order valence-electron chi connectivity index (χ1n) is 6.95. The van der Waals surface area contributed by atoms with Gasteiger partial charge in [0.1, 0.15) is 11.1 Å². The summed E-state index contributed by atoms with van der Waals surface area (Å²) in [6.45, 7) is 5.14. The summed E-state index contributed by atoms with van der Waals surface area (Å²) in [5.74, 6) is 0.746. The second-order valence-corrected chi connectivity index (χ2v) is 5.15. The number of hydrogen-bond donors (Lipinski definition) is 0. The first-order chi connectivity index (χ1) is 9.72. The van der Waals surface area contributed by atoms with Crippen molar-refractivity contribution < 1.29 is 14.3 Å². The Morgan fingerprint density at radius 1 is 1.35 bits per heavy atom. The molecule has 0 saturated carbocycles. The molecule has 0 radical (unpaired) electrons. The van der Waals surface area contributed by atoms with E-state index in [9.17, 15) is 4.79 Å². The van der Waals surface area contributed by atoms with Crippen LogP contribution in [0.4, 0.5) is 0 Å². The number of rotatable bonds is 5. The molecule has 0 aliphatic carbocycles. The van der Waals surface area contributed by atoms with Crippen molar-refractivity contribution in [3.05, 3.63) is 29.8 Å². The van der Waals surface area contributed by atoms with Gasteiger partial charge in [-0.15, -0.1) is 11.6 Å². The molecule has 1 atom stereocenters. The van der Waals surface area contributed by atoms with Gasteiger partial charge in [0.15, 0.2) is 0 Å². The molecule has 1 fully saturated rings. The summed E-state index contributed by atoms with van der Waals surface area (Å²) in [7, 11) is 0. The Kier molecular flexibility index (Phi) is 5.68. The monoisotopic (exact) mass is 297 g/mol. The molecule has 1 saturated heterocycles. The summed E-state index contributed by atoms with van der Waals surface area (Å²) in [6, 6.07) is 7.40. The zero-order chi connectivity index (χ0) is 14.4. The fraction of sp³-hybridized carbons (Fsp3) is 0.533. The number of benzene rings is 1. The minimum Gasteiger partial charge on any atom is -0.494 e. The zero-order valence-electron chi connectivity index (χ0n) is 11.7. The van der Waals surface area contributed by atoms with Crippen molar-refractivity contribution in [3.8, 4) is 5.75 Å². The molecule has 5 heteroatoms. The molecule has 1 aliphatic heterocycles. The van der Waals surface area contributed by atoms with Gasteiger partial charge in [0, 0.05) is 13.1 Å². The SMILES string of the molecule is CCCOc1ccc(C(Cl)C(=O)N2CCOCC2)cc1. The van der Waals surface area contributed by atoms with Gasteiger partial charge in [0.2, 0.25) is 5.91 Å². The summed E-state index contributed by atoms with van der Waals surface area (Å²) in [4.78, 5) is 14.0. The minimum atomic E-state index is -0.645. The summed E-state index contributed by atoms with van der Waals surface area (Å²) < 4.78 is 10.7. The number of hydrogen-bond acceptors (Lipinski definition) is 3. The van der Waals surface area contributed by atoms with Gasteiger partial charge in [0.25, 0.3) is 0 Å². The van der Waals surface area contributed by atoms with Gasteiger partial charge in [-0.3, -0.25) is 4.79 Å². The van der Waals surface area contributed by atoms with Crippen LogP contribution in [-0.4, -0.2) is 43.7 Å². The summed E-state index contributed by atoms with van der Waals surface area (Å²) in [5.41, 5.74) is 0.798. The molecule has 110 valence electrons. The molecule has 1 aromatic carbocycles. The van der Waals surface area contributed by atoms with Crippen LogP contribution >= 0.6 is 11.6 Å². The van der Waals surface area contributed by atoms with E-state index in [0.29, 0.717) is 32.9 Å². The van der Waals surface area contributed by atoms with Gasteiger partial charge in [-0.2, -0.15) is 0 Å². The minimum absolute atomic E-state index is 0.0582. The van der Waals surface area contributed by atoms with E-state index in [-0.39, 0.29) is 5.91 Å². The Morgan fingerprint density at radius 3 is 2.60 bits per heavy atom. The highest BCUT2D eigenvalue weighted by Gasteiger charge is 2.25. The number of nitrogens with zero attached hydrogens (tertiary/aromatic N) is 1. The maximum atomic E-state index is 12.3. The van der Waals surface area contributed by atoms with Crippen LogP contribution < -0.4 is 4.74 Å². The quantitative estimate of drug-likeness (QED) is 0.784. The molecule has 1 heterocycles. The molecule has 1 aliphatic rings. The third-order valence-corrected chi connectivity index (χ3v) is 3.62. The number of carbonyl (C=O) groups excluding carboxylic acids is 1. The Labute approximate surface area is 124 Å². The van der Waals surface area contributed by atoms with E-state index in [2.05, 4.69) is 6.92 Å². The van der Waals surface area contributed by atoms with Crippen molar-refractivity contribution in [3.63, 3.8) is 0 Å². The van der Waals surface area contributed by atoms with Gasteiger partial charge in [-0.05, 0) is 24.1 Å². The highest BCUT2D eigenvalue weighted by Crippen LogP contribution is 2.25. The Balaban J connectivity index is 1.97. The van der Waals surface area contributed by atoms with E-state index in [1.165, 1.54) is 0 Å². The van der Waals surface area contributed by atoms with Crippen LogP contribution in [0.1, 0.15) is 24.3 Å². The zero-order valence-corrected chi connectivity index (χ0v) is 12.4. The highest BCUT2D eigenvalue weighted by molar-refractivity contribution is 6.30. The average molecular weight is 298 g/mol. The second kappa shape index (κ2) is 7.50.